The van der Waals surface area contributed by atoms with Crippen LogP contribution in [-0.4, -0.2) is 69.3 Å². The first-order valence-electron chi connectivity index (χ1n) is 11.8. The average Bonchev–Trinajstić information content (AvgIpc) is 3.48. The van der Waals surface area contributed by atoms with Gasteiger partial charge in [0.15, 0.2) is 5.58 Å². The maximum absolute atomic E-state index is 13.2. The Labute approximate surface area is 192 Å². The third-order valence-corrected chi connectivity index (χ3v) is 6.88. The van der Waals surface area contributed by atoms with Crippen LogP contribution in [0.2, 0.25) is 0 Å². The zero-order valence-electron chi connectivity index (χ0n) is 18.6. The highest BCUT2D eigenvalue weighted by Gasteiger charge is 2.31. The first kappa shape index (κ1) is 20.2. The standard InChI is InChI=1S/C25H28N6O2/c32-24(19-8-11-30(12-9-19)25-27-21-5-1-2-6-22(21)33-25)29-15-13-28(14-16-29)17-20-18-31-10-4-3-7-23(31)26-20/h1-7,10,18-19H,8-9,11-17H2. The maximum atomic E-state index is 13.2. The topological polar surface area (TPSA) is 70.1 Å². The molecule has 0 radical (unpaired) electrons. The van der Waals surface area contributed by atoms with Gasteiger partial charge >= 0.3 is 0 Å². The Bertz CT molecular complexity index is 1200. The van der Waals surface area contributed by atoms with Crippen molar-refractivity contribution in [2.24, 2.45) is 5.92 Å². The normalized spacial score (nSPS) is 18.4. The Morgan fingerprint density at radius 3 is 2.52 bits per heavy atom. The van der Waals surface area contributed by atoms with Crippen LogP contribution in [0.5, 0.6) is 0 Å². The Kier molecular flexibility index (Phi) is 5.22. The number of fused-ring (bicyclic) bond motifs is 2. The first-order chi connectivity index (χ1) is 16.2. The Balaban J connectivity index is 1.01. The molecule has 4 aromatic rings. The number of carbonyl (C=O) groups is 1. The van der Waals surface area contributed by atoms with Gasteiger partial charge in [0.25, 0.3) is 6.01 Å². The van der Waals surface area contributed by atoms with Crippen LogP contribution >= 0.6 is 0 Å². The van der Waals surface area contributed by atoms with E-state index in [0.29, 0.717) is 11.9 Å². The second-order valence-corrected chi connectivity index (χ2v) is 9.03. The maximum Gasteiger partial charge on any atom is 0.298 e. The molecule has 3 aromatic heterocycles. The number of anilines is 1. The van der Waals surface area contributed by atoms with E-state index < -0.39 is 0 Å². The number of para-hydroxylation sites is 2. The molecule has 2 aliphatic rings. The summed E-state index contributed by atoms with van der Waals surface area (Å²) < 4.78 is 7.96. The molecule has 1 aromatic carbocycles. The lowest BCUT2D eigenvalue weighted by atomic mass is 9.95. The number of nitrogens with zero attached hydrogens (tertiary/aromatic N) is 6. The predicted molar refractivity (Wildman–Crippen MR) is 126 cm³/mol. The van der Waals surface area contributed by atoms with Crippen molar-refractivity contribution in [2.45, 2.75) is 19.4 Å². The lowest BCUT2D eigenvalue weighted by molar-refractivity contribution is -0.138. The van der Waals surface area contributed by atoms with Gasteiger partial charge in [-0.3, -0.25) is 9.69 Å². The molecule has 0 aliphatic carbocycles. The molecular formula is C25H28N6O2. The van der Waals surface area contributed by atoms with E-state index in [1.165, 1.54) is 0 Å². The number of piperidine rings is 1. The molecule has 6 rings (SSSR count). The van der Waals surface area contributed by atoms with E-state index >= 15 is 0 Å². The summed E-state index contributed by atoms with van der Waals surface area (Å²) in [5.41, 5.74) is 3.75. The molecule has 170 valence electrons. The number of piperazine rings is 1. The van der Waals surface area contributed by atoms with Gasteiger partial charge in [-0.2, -0.15) is 4.98 Å². The molecule has 8 heteroatoms. The molecule has 2 saturated heterocycles. The van der Waals surface area contributed by atoms with Gasteiger partial charge in [0, 0.05) is 64.1 Å². The molecule has 0 unspecified atom stereocenters. The summed E-state index contributed by atoms with van der Waals surface area (Å²) in [5.74, 6) is 0.398. The lowest BCUT2D eigenvalue weighted by Gasteiger charge is -2.38. The van der Waals surface area contributed by atoms with Crippen molar-refractivity contribution >= 4 is 28.7 Å². The quantitative estimate of drug-likeness (QED) is 0.482. The molecule has 0 atom stereocenters. The minimum Gasteiger partial charge on any atom is -0.423 e. The van der Waals surface area contributed by atoms with Crippen molar-refractivity contribution in [2.75, 3.05) is 44.2 Å². The largest absolute Gasteiger partial charge is 0.423 e. The van der Waals surface area contributed by atoms with Crippen molar-refractivity contribution in [3.05, 3.63) is 60.6 Å². The van der Waals surface area contributed by atoms with E-state index in [9.17, 15) is 4.79 Å². The number of pyridine rings is 1. The van der Waals surface area contributed by atoms with Gasteiger partial charge in [-0.05, 0) is 37.1 Å². The number of aromatic nitrogens is 3. The first-order valence-corrected chi connectivity index (χ1v) is 11.8. The smallest absolute Gasteiger partial charge is 0.298 e. The van der Waals surface area contributed by atoms with Crippen LogP contribution in [0.15, 0.2) is 59.3 Å². The monoisotopic (exact) mass is 444 g/mol. The summed E-state index contributed by atoms with van der Waals surface area (Å²) in [6.07, 6.45) is 5.81. The number of hydrogen-bond acceptors (Lipinski definition) is 6. The fraction of sp³-hybridized carbons (Fsp3) is 0.400. The molecular weight excluding hydrogens is 416 g/mol. The van der Waals surface area contributed by atoms with E-state index in [4.69, 9.17) is 9.40 Å². The molecule has 2 fully saturated rings. The van der Waals surface area contributed by atoms with Gasteiger partial charge in [-0.15, -0.1) is 0 Å². The van der Waals surface area contributed by atoms with E-state index in [2.05, 4.69) is 30.3 Å². The summed E-state index contributed by atoms with van der Waals surface area (Å²) in [7, 11) is 0. The summed E-state index contributed by atoms with van der Waals surface area (Å²) in [6.45, 7) is 5.79. The van der Waals surface area contributed by atoms with Gasteiger partial charge in [-0.1, -0.05) is 18.2 Å². The highest BCUT2D eigenvalue weighted by molar-refractivity contribution is 5.79. The molecule has 8 nitrogen and oxygen atoms in total. The molecule has 0 bridgehead atoms. The van der Waals surface area contributed by atoms with Crippen molar-refractivity contribution < 1.29 is 9.21 Å². The minimum atomic E-state index is 0.0932. The number of imidazole rings is 1. The van der Waals surface area contributed by atoms with Crippen LogP contribution in [0.3, 0.4) is 0 Å². The van der Waals surface area contributed by atoms with Crippen molar-refractivity contribution in [3.63, 3.8) is 0 Å². The molecule has 0 saturated carbocycles. The summed E-state index contributed by atoms with van der Waals surface area (Å²) >= 11 is 0. The number of carbonyl (C=O) groups excluding carboxylic acids is 1. The molecule has 0 spiro atoms. The van der Waals surface area contributed by atoms with Crippen LogP contribution in [0, 0.1) is 5.92 Å². The second kappa shape index (κ2) is 8.51. The van der Waals surface area contributed by atoms with Crippen LogP contribution in [-0.2, 0) is 11.3 Å². The number of hydrogen-bond donors (Lipinski definition) is 0. The van der Waals surface area contributed by atoms with Gasteiger partial charge in [-0.25, -0.2) is 4.98 Å². The predicted octanol–water partition coefficient (Wildman–Crippen LogP) is 3.04. The minimum absolute atomic E-state index is 0.0932. The Morgan fingerprint density at radius 2 is 1.73 bits per heavy atom. The summed E-state index contributed by atoms with van der Waals surface area (Å²) in [6, 6.07) is 14.5. The zero-order chi connectivity index (χ0) is 22.2. The van der Waals surface area contributed by atoms with Crippen molar-refractivity contribution in [3.8, 4) is 0 Å². The average molecular weight is 445 g/mol. The molecule has 5 heterocycles. The fourth-order valence-corrected chi connectivity index (χ4v) is 4.99. The van der Waals surface area contributed by atoms with E-state index in [1.54, 1.807) is 0 Å². The third kappa shape index (κ3) is 4.06. The molecule has 33 heavy (non-hydrogen) atoms. The van der Waals surface area contributed by atoms with Crippen molar-refractivity contribution in [1.29, 1.82) is 0 Å². The van der Waals surface area contributed by atoms with Gasteiger partial charge in [0.1, 0.15) is 11.2 Å². The molecule has 2 aliphatic heterocycles. The summed E-state index contributed by atoms with van der Waals surface area (Å²) in [5, 5.41) is 0. The number of amides is 1. The van der Waals surface area contributed by atoms with Gasteiger partial charge in [0.2, 0.25) is 5.91 Å². The Hall–Kier alpha value is -3.39. The SMILES string of the molecule is O=C(C1CCN(c2nc3ccccc3o2)CC1)N1CCN(Cc2cn3ccccc3n2)CC1. The fourth-order valence-electron chi connectivity index (χ4n) is 4.99. The Morgan fingerprint density at radius 1 is 0.939 bits per heavy atom. The number of benzene rings is 1. The van der Waals surface area contributed by atoms with Crippen LogP contribution in [0.25, 0.3) is 16.7 Å². The third-order valence-electron chi connectivity index (χ3n) is 6.88. The highest BCUT2D eigenvalue weighted by Crippen LogP contribution is 2.27. The van der Waals surface area contributed by atoms with Crippen LogP contribution < -0.4 is 4.90 Å². The van der Waals surface area contributed by atoms with E-state index in [1.807, 2.05) is 48.7 Å². The number of oxazole rings is 1. The molecule has 1 amide bonds. The summed E-state index contributed by atoms with van der Waals surface area (Å²) in [4.78, 5) is 29.1. The second-order valence-electron chi connectivity index (χ2n) is 9.03. The highest BCUT2D eigenvalue weighted by atomic mass is 16.4. The lowest BCUT2D eigenvalue weighted by Crippen LogP contribution is -2.51. The van der Waals surface area contributed by atoms with Crippen LogP contribution in [0.4, 0.5) is 6.01 Å². The van der Waals surface area contributed by atoms with Crippen LogP contribution in [0.1, 0.15) is 18.5 Å². The van der Waals surface area contributed by atoms with Gasteiger partial charge < -0.3 is 18.6 Å². The van der Waals surface area contributed by atoms with Crippen molar-refractivity contribution in [1.82, 2.24) is 24.2 Å². The van der Waals surface area contributed by atoms with Gasteiger partial charge in [0.05, 0.1) is 5.69 Å². The molecule has 0 N–H and O–H groups in total. The van der Waals surface area contributed by atoms with E-state index in [-0.39, 0.29) is 5.92 Å². The number of rotatable bonds is 4. The van der Waals surface area contributed by atoms with E-state index in [0.717, 1.165) is 81.1 Å². The zero-order valence-corrected chi connectivity index (χ0v) is 18.6.